The number of thiocarbonyl (C=S) groups is 1. The second-order valence-corrected chi connectivity index (χ2v) is 7.82. The summed E-state index contributed by atoms with van der Waals surface area (Å²) in [6.45, 7) is 2.61. The Morgan fingerprint density at radius 3 is 2.47 bits per heavy atom. The Morgan fingerprint density at radius 1 is 0.938 bits per heavy atom. The Morgan fingerprint density at radius 2 is 1.75 bits per heavy atom. The zero-order chi connectivity index (χ0) is 21.9. The molecular weight excluding hydrogens is 418 g/mol. The van der Waals surface area contributed by atoms with E-state index in [4.69, 9.17) is 17.0 Å². The lowest BCUT2D eigenvalue weighted by Gasteiger charge is -2.29. The maximum absolute atomic E-state index is 5.83. The quantitative estimate of drug-likeness (QED) is 0.432. The van der Waals surface area contributed by atoms with E-state index >= 15 is 0 Å². The van der Waals surface area contributed by atoms with Gasteiger partial charge < -0.3 is 19.5 Å². The topological polar surface area (TPSA) is 55.2 Å². The van der Waals surface area contributed by atoms with Crippen molar-refractivity contribution in [3.05, 3.63) is 103 Å². The van der Waals surface area contributed by atoms with Gasteiger partial charge in [-0.1, -0.05) is 6.07 Å². The van der Waals surface area contributed by atoms with Gasteiger partial charge in [0.25, 0.3) is 0 Å². The van der Waals surface area contributed by atoms with E-state index in [2.05, 4.69) is 43.1 Å². The fourth-order valence-corrected chi connectivity index (χ4v) is 4.52. The van der Waals surface area contributed by atoms with Gasteiger partial charge in [-0.15, -0.1) is 0 Å². The van der Waals surface area contributed by atoms with Crippen LogP contribution in [0.15, 0.2) is 91.5 Å². The molecule has 1 aliphatic heterocycles. The van der Waals surface area contributed by atoms with Gasteiger partial charge in [0, 0.05) is 41.9 Å². The zero-order valence-corrected chi connectivity index (χ0v) is 18.4. The number of aromatic nitrogens is 3. The van der Waals surface area contributed by atoms with Crippen LogP contribution in [0.5, 0.6) is 5.75 Å². The zero-order valence-electron chi connectivity index (χ0n) is 17.6. The molecule has 6 nitrogen and oxygen atoms in total. The molecule has 3 aromatic heterocycles. The lowest BCUT2D eigenvalue weighted by molar-refractivity contribution is 0.340. The molecule has 1 aromatic carbocycles. The second kappa shape index (κ2) is 8.80. The Labute approximate surface area is 192 Å². The number of nitrogens with zero attached hydrogens (tertiary/aromatic N) is 4. The van der Waals surface area contributed by atoms with E-state index in [9.17, 15) is 0 Å². The highest BCUT2D eigenvalue weighted by molar-refractivity contribution is 7.80. The van der Waals surface area contributed by atoms with Gasteiger partial charge in [0.05, 0.1) is 18.3 Å². The Hall–Kier alpha value is -3.71. The molecule has 5 rings (SSSR count). The highest BCUT2D eigenvalue weighted by Crippen LogP contribution is 2.42. The third-order valence-electron chi connectivity index (χ3n) is 5.55. The predicted octanol–water partition coefficient (Wildman–Crippen LogP) is 4.84. The fourth-order valence-electron chi connectivity index (χ4n) is 4.18. The number of benzene rings is 1. The van der Waals surface area contributed by atoms with E-state index in [1.54, 1.807) is 12.4 Å². The number of pyridine rings is 2. The standard InChI is InChI=1S/C25H23N5OS/c1-2-31-20-10-8-19(9-11-20)30-24(23(28-25(30)32)21-6-3-4-14-27-21)22-7-5-17-29(22)18-12-15-26-16-13-18/h3-17,23-24H,2H2,1H3,(H,28,32)/t23-,24-/m1/s1. The summed E-state index contributed by atoms with van der Waals surface area (Å²) in [6, 6.07) is 22.0. The lowest BCUT2D eigenvalue weighted by Crippen LogP contribution is -2.30. The third kappa shape index (κ3) is 3.71. The average Bonchev–Trinajstić information content (AvgIpc) is 3.45. The van der Waals surface area contributed by atoms with Crippen LogP contribution in [0.4, 0.5) is 5.69 Å². The normalized spacial score (nSPS) is 17.9. The van der Waals surface area contributed by atoms with Crippen molar-refractivity contribution in [2.45, 2.75) is 19.0 Å². The summed E-state index contributed by atoms with van der Waals surface area (Å²) in [6.07, 6.45) is 7.49. The highest BCUT2D eigenvalue weighted by Gasteiger charge is 2.42. The van der Waals surface area contributed by atoms with Gasteiger partial charge in [-0.05, 0) is 79.8 Å². The maximum atomic E-state index is 5.83. The number of ether oxygens (including phenoxy) is 1. The van der Waals surface area contributed by atoms with Gasteiger partial charge >= 0.3 is 0 Å². The Balaban J connectivity index is 1.62. The maximum Gasteiger partial charge on any atom is 0.174 e. The van der Waals surface area contributed by atoms with Gasteiger partial charge in [0.2, 0.25) is 0 Å². The largest absolute Gasteiger partial charge is 0.494 e. The molecule has 160 valence electrons. The van der Waals surface area contributed by atoms with Crippen molar-refractivity contribution in [1.29, 1.82) is 0 Å². The van der Waals surface area contributed by atoms with Crippen LogP contribution in [0.25, 0.3) is 5.69 Å². The molecule has 0 amide bonds. The number of hydrogen-bond acceptors (Lipinski definition) is 4. The van der Waals surface area contributed by atoms with Crippen LogP contribution in [0, 0.1) is 0 Å². The lowest BCUT2D eigenvalue weighted by atomic mass is 10.0. The summed E-state index contributed by atoms with van der Waals surface area (Å²) >= 11 is 5.83. The average molecular weight is 442 g/mol. The molecule has 32 heavy (non-hydrogen) atoms. The Bertz CT molecular complexity index is 1190. The third-order valence-corrected chi connectivity index (χ3v) is 5.86. The molecule has 1 fully saturated rings. The predicted molar refractivity (Wildman–Crippen MR) is 129 cm³/mol. The number of hydrogen-bond donors (Lipinski definition) is 1. The summed E-state index contributed by atoms with van der Waals surface area (Å²) in [7, 11) is 0. The minimum atomic E-state index is -0.106. The van der Waals surface area contributed by atoms with Crippen molar-refractivity contribution < 1.29 is 4.74 Å². The van der Waals surface area contributed by atoms with E-state index in [-0.39, 0.29) is 12.1 Å². The van der Waals surface area contributed by atoms with Crippen molar-refractivity contribution in [2.24, 2.45) is 0 Å². The molecule has 1 aliphatic rings. The minimum absolute atomic E-state index is 0.0986. The molecular formula is C25H23N5OS. The van der Waals surface area contributed by atoms with Crippen LogP contribution < -0.4 is 15.0 Å². The molecule has 0 saturated carbocycles. The minimum Gasteiger partial charge on any atom is -0.494 e. The first-order valence-electron chi connectivity index (χ1n) is 10.6. The number of nitrogens with one attached hydrogen (secondary N) is 1. The number of anilines is 1. The van der Waals surface area contributed by atoms with E-state index in [0.717, 1.165) is 28.5 Å². The van der Waals surface area contributed by atoms with E-state index in [0.29, 0.717) is 11.7 Å². The van der Waals surface area contributed by atoms with E-state index < -0.39 is 0 Å². The van der Waals surface area contributed by atoms with Crippen molar-refractivity contribution in [1.82, 2.24) is 19.9 Å². The molecule has 0 radical (unpaired) electrons. The van der Waals surface area contributed by atoms with E-state index in [1.807, 2.05) is 67.7 Å². The first-order chi connectivity index (χ1) is 15.8. The molecule has 4 heterocycles. The van der Waals surface area contributed by atoms with Gasteiger partial charge in [-0.3, -0.25) is 9.97 Å². The summed E-state index contributed by atoms with van der Waals surface area (Å²) in [5.41, 5.74) is 4.09. The molecule has 7 heteroatoms. The monoisotopic (exact) mass is 441 g/mol. The molecule has 0 spiro atoms. The van der Waals surface area contributed by atoms with Crippen LogP contribution in [-0.2, 0) is 0 Å². The second-order valence-electron chi connectivity index (χ2n) is 7.43. The molecule has 0 bridgehead atoms. The molecule has 2 atom stereocenters. The van der Waals surface area contributed by atoms with Crippen LogP contribution in [0.1, 0.15) is 30.4 Å². The summed E-state index contributed by atoms with van der Waals surface area (Å²) in [5.74, 6) is 0.840. The van der Waals surface area contributed by atoms with Crippen LogP contribution in [0.3, 0.4) is 0 Å². The van der Waals surface area contributed by atoms with Gasteiger partial charge in [0.15, 0.2) is 5.11 Å². The summed E-state index contributed by atoms with van der Waals surface area (Å²) in [4.78, 5) is 11.0. The molecule has 0 unspecified atom stereocenters. The van der Waals surface area contributed by atoms with Gasteiger partial charge in [-0.25, -0.2) is 0 Å². The van der Waals surface area contributed by atoms with E-state index in [1.165, 1.54) is 0 Å². The summed E-state index contributed by atoms with van der Waals surface area (Å²) in [5, 5.41) is 4.18. The van der Waals surface area contributed by atoms with Crippen LogP contribution in [0.2, 0.25) is 0 Å². The van der Waals surface area contributed by atoms with Crippen LogP contribution in [-0.4, -0.2) is 26.3 Å². The molecule has 0 aliphatic carbocycles. The first-order valence-corrected chi connectivity index (χ1v) is 11.0. The van der Waals surface area contributed by atoms with Gasteiger partial charge in [-0.2, -0.15) is 0 Å². The smallest absolute Gasteiger partial charge is 0.174 e. The molecule has 4 aromatic rings. The van der Waals surface area contributed by atoms with Crippen molar-refractivity contribution in [3.8, 4) is 11.4 Å². The molecule has 1 N–H and O–H groups in total. The number of rotatable bonds is 6. The van der Waals surface area contributed by atoms with Crippen molar-refractivity contribution in [3.63, 3.8) is 0 Å². The summed E-state index contributed by atoms with van der Waals surface area (Å²) < 4.78 is 7.81. The van der Waals surface area contributed by atoms with Crippen LogP contribution >= 0.6 is 12.2 Å². The van der Waals surface area contributed by atoms with Gasteiger partial charge in [0.1, 0.15) is 11.8 Å². The fraction of sp³-hybridized carbons (Fsp3) is 0.160. The SMILES string of the molecule is CCOc1ccc(N2C(=S)N[C@H](c3ccccn3)[C@H]2c2cccn2-c2ccncc2)cc1. The van der Waals surface area contributed by atoms with Crippen molar-refractivity contribution in [2.75, 3.05) is 11.5 Å². The highest BCUT2D eigenvalue weighted by atomic mass is 32.1. The Kier molecular flexibility index (Phi) is 5.56. The van der Waals surface area contributed by atoms with Crippen molar-refractivity contribution >= 4 is 23.0 Å². The molecule has 1 saturated heterocycles. The first kappa shape index (κ1) is 20.2.